The zero-order valence-corrected chi connectivity index (χ0v) is 18.0. The molecule has 3 aromatic rings. The first kappa shape index (κ1) is 19.4. The van der Waals surface area contributed by atoms with Crippen molar-refractivity contribution in [1.29, 1.82) is 0 Å². The number of benzene rings is 1. The summed E-state index contributed by atoms with van der Waals surface area (Å²) in [4.78, 5) is 27.7. The van der Waals surface area contributed by atoms with Crippen molar-refractivity contribution in [3.05, 3.63) is 58.1 Å². The minimum Gasteiger partial charge on any atom is -0.325 e. The minimum absolute atomic E-state index is 0.185. The van der Waals surface area contributed by atoms with E-state index in [4.69, 9.17) is 0 Å². The van der Waals surface area contributed by atoms with E-state index in [0.717, 1.165) is 22.5 Å². The normalized spacial score (nSPS) is 21.1. The number of carbonyl (C=O) groups excluding carboxylic acids is 2. The summed E-state index contributed by atoms with van der Waals surface area (Å²) in [5, 5.41) is 8.46. The number of nitrogens with one attached hydrogen (secondary N) is 2. The Morgan fingerprint density at radius 1 is 1.10 bits per heavy atom. The van der Waals surface area contributed by atoms with Crippen LogP contribution in [0.2, 0.25) is 0 Å². The van der Waals surface area contributed by atoms with Gasteiger partial charge < -0.3 is 10.2 Å². The van der Waals surface area contributed by atoms with Gasteiger partial charge in [-0.2, -0.15) is 11.3 Å². The third-order valence-corrected chi connectivity index (χ3v) is 8.93. The van der Waals surface area contributed by atoms with Crippen LogP contribution >= 0.6 is 22.7 Å². The summed E-state index contributed by atoms with van der Waals surface area (Å²) in [6.45, 7) is 0.302. The van der Waals surface area contributed by atoms with Gasteiger partial charge in [-0.05, 0) is 58.0 Å². The van der Waals surface area contributed by atoms with Crippen molar-refractivity contribution in [1.82, 2.24) is 9.62 Å². The van der Waals surface area contributed by atoms with Gasteiger partial charge in [-0.25, -0.2) is 13.1 Å². The monoisotopic (exact) mass is 459 g/mol. The molecule has 2 N–H and O–H groups in total. The van der Waals surface area contributed by atoms with Gasteiger partial charge in [0.1, 0.15) is 10.3 Å². The first-order valence-corrected chi connectivity index (χ1v) is 12.6. The van der Waals surface area contributed by atoms with Gasteiger partial charge in [0.05, 0.1) is 17.3 Å². The predicted molar refractivity (Wildman–Crippen MR) is 116 cm³/mol. The molecule has 0 aliphatic carbocycles. The Labute approximate surface area is 181 Å². The number of amides is 2. The highest BCUT2D eigenvalue weighted by Crippen LogP contribution is 2.33. The number of rotatable bonds is 4. The Balaban J connectivity index is 1.47. The fraction of sp³-hybridized carbons (Fsp3) is 0.200. The molecule has 0 radical (unpaired) electrons. The van der Waals surface area contributed by atoms with Crippen molar-refractivity contribution in [3.63, 3.8) is 0 Å². The molecular weight excluding hydrogens is 442 g/mol. The Morgan fingerprint density at radius 3 is 2.70 bits per heavy atom. The molecule has 0 unspecified atom stereocenters. The van der Waals surface area contributed by atoms with E-state index in [1.165, 1.54) is 11.0 Å². The van der Waals surface area contributed by atoms with Crippen LogP contribution in [-0.2, 0) is 14.8 Å². The molecule has 5 rings (SSSR count). The van der Waals surface area contributed by atoms with Gasteiger partial charge >= 0.3 is 0 Å². The SMILES string of the molecule is O=C1Nc2ccc(-c3ccsc3)cc2C(=O)N2CC[C@H](NS(=O)(=O)c3cccs3)[C@@H]12. The van der Waals surface area contributed by atoms with Crippen LogP contribution in [0.25, 0.3) is 11.1 Å². The zero-order valence-electron chi connectivity index (χ0n) is 15.6. The van der Waals surface area contributed by atoms with Crippen LogP contribution in [0.3, 0.4) is 0 Å². The van der Waals surface area contributed by atoms with Crippen molar-refractivity contribution in [3.8, 4) is 11.1 Å². The van der Waals surface area contributed by atoms with Crippen molar-refractivity contribution in [2.45, 2.75) is 22.7 Å². The van der Waals surface area contributed by atoms with Crippen LogP contribution < -0.4 is 10.0 Å². The molecule has 2 aliphatic heterocycles. The number of hydrogen-bond acceptors (Lipinski definition) is 6. The predicted octanol–water partition coefficient (Wildman–Crippen LogP) is 2.99. The standard InChI is InChI=1S/C20H17N3O4S3/c24-19-18-16(22-30(26,27)17-2-1-8-29-17)5-7-23(18)20(25)14-10-12(3-4-15(14)21-19)13-6-9-28-11-13/h1-4,6,8-11,16,18,22H,5,7H2,(H,21,24)/t16-,18-/m0/s1. The number of carbonyl (C=O) groups is 2. The lowest BCUT2D eigenvalue weighted by molar-refractivity contribution is -0.120. The summed E-state index contributed by atoms with van der Waals surface area (Å²) in [6, 6.07) is 8.93. The highest BCUT2D eigenvalue weighted by atomic mass is 32.2. The summed E-state index contributed by atoms with van der Waals surface area (Å²) in [7, 11) is -3.76. The molecule has 30 heavy (non-hydrogen) atoms. The minimum atomic E-state index is -3.76. The van der Waals surface area contributed by atoms with Crippen LogP contribution in [0.5, 0.6) is 0 Å². The molecule has 0 saturated carbocycles. The van der Waals surface area contributed by atoms with Gasteiger partial charge in [0.15, 0.2) is 0 Å². The smallest absolute Gasteiger partial charge is 0.256 e. The molecule has 0 spiro atoms. The van der Waals surface area contributed by atoms with E-state index in [-0.39, 0.29) is 16.0 Å². The second-order valence-electron chi connectivity index (χ2n) is 7.15. The average Bonchev–Trinajstić information content (AvgIpc) is 3.47. The molecule has 154 valence electrons. The third-order valence-electron chi connectivity index (χ3n) is 5.36. The van der Waals surface area contributed by atoms with Crippen LogP contribution in [0.4, 0.5) is 5.69 Å². The van der Waals surface area contributed by atoms with E-state index >= 15 is 0 Å². The largest absolute Gasteiger partial charge is 0.325 e. The number of fused-ring (bicyclic) bond motifs is 2. The van der Waals surface area contributed by atoms with Crippen LogP contribution in [0.1, 0.15) is 16.8 Å². The molecule has 7 nitrogen and oxygen atoms in total. The summed E-state index contributed by atoms with van der Waals surface area (Å²) < 4.78 is 28.1. The lowest BCUT2D eigenvalue weighted by atomic mass is 10.0. The van der Waals surface area contributed by atoms with E-state index < -0.39 is 22.1 Å². The molecule has 1 fully saturated rings. The first-order valence-electron chi connectivity index (χ1n) is 9.28. The molecular formula is C20H17N3O4S3. The van der Waals surface area contributed by atoms with Gasteiger partial charge in [-0.3, -0.25) is 9.59 Å². The molecule has 1 aromatic carbocycles. The summed E-state index contributed by atoms with van der Waals surface area (Å²) in [5.41, 5.74) is 2.76. The van der Waals surface area contributed by atoms with E-state index in [1.807, 2.05) is 22.9 Å². The van der Waals surface area contributed by atoms with Gasteiger partial charge in [-0.15, -0.1) is 11.3 Å². The third kappa shape index (κ3) is 3.25. The molecule has 2 amide bonds. The van der Waals surface area contributed by atoms with Crippen LogP contribution in [0, 0.1) is 0 Å². The molecule has 1 saturated heterocycles. The maximum atomic E-state index is 13.3. The van der Waals surface area contributed by atoms with Gasteiger partial charge in [0.25, 0.3) is 5.91 Å². The molecule has 2 aliphatic rings. The maximum Gasteiger partial charge on any atom is 0.256 e. The molecule has 0 bridgehead atoms. The Kier molecular flexibility index (Phi) is 4.73. The topological polar surface area (TPSA) is 95.6 Å². The second-order valence-corrected chi connectivity index (χ2v) is 10.8. The molecule has 2 atom stereocenters. The van der Waals surface area contributed by atoms with Crippen molar-refractivity contribution < 1.29 is 18.0 Å². The molecule has 4 heterocycles. The quantitative estimate of drug-likeness (QED) is 0.627. The summed E-state index contributed by atoms with van der Waals surface area (Å²) in [5.74, 6) is -0.662. The van der Waals surface area contributed by atoms with Gasteiger partial charge in [-0.1, -0.05) is 12.1 Å². The van der Waals surface area contributed by atoms with Crippen LogP contribution in [-0.4, -0.2) is 43.8 Å². The summed E-state index contributed by atoms with van der Waals surface area (Å²) in [6.07, 6.45) is 0.369. The highest BCUT2D eigenvalue weighted by Gasteiger charge is 2.46. The number of hydrogen-bond donors (Lipinski definition) is 2. The lowest BCUT2D eigenvalue weighted by Crippen LogP contribution is -2.51. The maximum absolute atomic E-state index is 13.3. The molecule has 2 aromatic heterocycles. The van der Waals surface area contributed by atoms with E-state index in [2.05, 4.69) is 10.0 Å². The molecule has 10 heteroatoms. The van der Waals surface area contributed by atoms with E-state index in [0.29, 0.717) is 24.2 Å². The fourth-order valence-corrected chi connectivity index (χ4v) is 6.89. The zero-order chi connectivity index (χ0) is 20.9. The number of thiophene rings is 2. The number of nitrogens with zero attached hydrogens (tertiary/aromatic N) is 1. The number of anilines is 1. The lowest BCUT2D eigenvalue weighted by Gasteiger charge is -2.24. The number of sulfonamides is 1. The van der Waals surface area contributed by atoms with E-state index in [9.17, 15) is 18.0 Å². The fourth-order valence-electron chi connectivity index (χ4n) is 3.94. The van der Waals surface area contributed by atoms with Crippen molar-refractivity contribution in [2.24, 2.45) is 0 Å². The Bertz CT molecular complexity index is 1220. The van der Waals surface area contributed by atoms with E-state index in [1.54, 1.807) is 34.9 Å². The Hall–Kier alpha value is -2.53. The van der Waals surface area contributed by atoms with Gasteiger partial charge in [0.2, 0.25) is 15.9 Å². The van der Waals surface area contributed by atoms with Gasteiger partial charge in [0, 0.05) is 6.54 Å². The first-order chi connectivity index (χ1) is 14.4. The summed E-state index contributed by atoms with van der Waals surface area (Å²) >= 11 is 2.67. The van der Waals surface area contributed by atoms with Crippen LogP contribution in [0.15, 0.2) is 56.7 Å². The average molecular weight is 460 g/mol. The Morgan fingerprint density at radius 2 is 1.97 bits per heavy atom. The van der Waals surface area contributed by atoms with Crippen molar-refractivity contribution >= 4 is 50.2 Å². The highest BCUT2D eigenvalue weighted by molar-refractivity contribution is 7.91. The van der Waals surface area contributed by atoms with Crippen molar-refractivity contribution in [2.75, 3.05) is 11.9 Å². The second kappa shape index (κ2) is 7.31.